The van der Waals surface area contributed by atoms with Crippen LogP contribution in [0.2, 0.25) is 0 Å². The number of benzene rings is 2. The molecule has 0 bridgehead atoms. The lowest BCUT2D eigenvalue weighted by molar-refractivity contribution is 0.494. The zero-order valence-corrected chi connectivity index (χ0v) is 21.4. The van der Waals surface area contributed by atoms with Crippen LogP contribution in [0.4, 0.5) is 5.95 Å². The van der Waals surface area contributed by atoms with E-state index in [1.54, 1.807) is 7.05 Å². The maximum atomic E-state index is 13.9. The molecule has 5 aromatic rings. The predicted molar refractivity (Wildman–Crippen MR) is 147 cm³/mol. The van der Waals surface area contributed by atoms with Gasteiger partial charge in [-0.3, -0.25) is 18.9 Å². The van der Waals surface area contributed by atoms with Gasteiger partial charge in [0.2, 0.25) is 5.95 Å². The topological polar surface area (TPSA) is 104 Å². The molecule has 0 spiro atoms. The van der Waals surface area contributed by atoms with Gasteiger partial charge in [0.1, 0.15) is 0 Å². The van der Waals surface area contributed by atoms with Gasteiger partial charge in [-0.2, -0.15) is 4.98 Å². The lowest BCUT2D eigenvalue weighted by Gasteiger charge is -2.31. The first-order valence-electron chi connectivity index (χ1n) is 12.9. The summed E-state index contributed by atoms with van der Waals surface area (Å²) in [6, 6.07) is 14.1. The third-order valence-electron chi connectivity index (χ3n) is 7.59. The maximum Gasteiger partial charge on any atom is 0.332 e. The summed E-state index contributed by atoms with van der Waals surface area (Å²) < 4.78 is 4.68. The zero-order chi connectivity index (χ0) is 25.8. The summed E-state index contributed by atoms with van der Waals surface area (Å²) in [4.78, 5) is 39.3. The van der Waals surface area contributed by atoms with Gasteiger partial charge in [0, 0.05) is 43.5 Å². The van der Waals surface area contributed by atoms with Gasteiger partial charge in [-0.05, 0) is 43.7 Å². The molecular weight excluding hydrogens is 466 g/mol. The Morgan fingerprint density at radius 2 is 1.81 bits per heavy atom. The van der Waals surface area contributed by atoms with Crippen LogP contribution in [0.3, 0.4) is 0 Å². The summed E-state index contributed by atoms with van der Waals surface area (Å²) in [5, 5.41) is 3.09. The second kappa shape index (κ2) is 8.85. The fourth-order valence-corrected chi connectivity index (χ4v) is 5.76. The number of pyridine rings is 1. The molecule has 0 unspecified atom stereocenters. The highest BCUT2D eigenvalue weighted by atomic mass is 16.2. The Hall–Kier alpha value is -3.98. The molecule has 1 aliphatic rings. The molecule has 1 fully saturated rings. The van der Waals surface area contributed by atoms with Crippen LogP contribution in [0.5, 0.6) is 0 Å². The number of rotatable bonds is 4. The van der Waals surface area contributed by atoms with Crippen LogP contribution in [0.15, 0.2) is 52.1 Å². The molecule has 1 saturated heterocycles. The summed E-state index contributed by atoms with van der Waals surface area (Å²) in [7, 11) is 1.68. The van der Waals surface area contributed by atoms with Crippen molar-refractivity contribution in [2.45, 2.75) is 45.8 Å². The molecule has 1 aliphatic heterocycles. The minimum absolute atomic E-state index is 0.0650. The van der Waals surface area contributed by atoms with Crippen LogP contribution in [-0.4, -0.2) is 42.8 Å². The molecule has 9 heteroatoms. The van der Waals surface area contributed by atoms with E-state index >= 15 is 0 Å². The quantitative estimate of drug-likeness (QED) is 0.383. The largest absolute Gasteiger partial charge is 0.341 e. The summed E-state index contributed by atoms with van der Waals surface area (Å²) in [6.45, 7) is 6.20. The minimum atomic E-state index is -0.407. The van der Waals surface area contributed by atoms with E-state index in [0.29, 0.717) is 35.9 Å². The lowest BCUT2D eigenvalue weighted by Crippen LogP contribution is -2.44. The molecule has 6 rings (SSSR count). The number of imidazole rings is 1. The predicted octanol–water partition coefficient (Wildman–Crippen LogP) is 2.90. The number of fused-ring (bicyclic) bond motifs is 4. The Bertz CT molecular complexity index is 1800. The van der Waals surface area contributed by atoms with Crippen LogP contribution in [0.1, 0.15) is 31.0 Å². The van der Waals surface area contributed by atoms with E-state index in [2.05, 4.69) is 24.0 Å². The van der Waals surface area contributed by atoms with E-state index in [9.17, 15) is 9.59 Å². The normalized spacial score (nSPS) is 16.3. The van der Waals surface area contributed by atoms with Gasteiger partial charge in [-0.15, -0.1) is 0 Å². The van der Waals surface area contributed by atoms with Gasteiger partial charge in [-0.1, -0.05) is 36.4 Å². The van der Waals surface area contributed by atoms with Gasteiger partial charge in [0.05, 0.1) is 17.8 Å². The molecule has 0 saturated carbocycles. The smallest absolute Gasteiger partial charge is 0.332 e. The molecule has 3 aromatic heterocycles. The number of nitrogens with two attached hydrogens (primary N) is 1. The summed E-state index contributed by atoms with van der Waals surface area (Å²) in [6.07, 6.45) is 1.94. The Labute approximate surface area is 213 Å². The molecule has 9 nitrogen and oxygen atoms in total. The molecule has 1 atom stereocenters. The van der Waals surface area contributed by atoms with E-state index in [-0.39, 0.29) is 18.1 Å². The van der Waals surface area contributed by atoms with Crippen molar-refractivity contribution < 1.29 is 0 Å². The molecule has 0 amide bonds. The van der Waals surface area contributed by atoms with Crippen LogP contribution in [0.25, 0.3) is 32.8 Å². The third-order valence-corrected chi connectivity index (χ3v) is 7.59. The average molecular weight is 498 g/mol. The number of hydrogen-bond acceptors (Lipinski definition) is 6. The van der Waals surface area contributed by atoms with Gasteiger partial charge in [-0.25, -0.2) is 4.79 Å². The van der Waals surface area contributed by atoms with Crippen molar-refractivity contribution in [1.82, 2.24) is 23.7 Å². The summed E-state index contributed by atoms with van der Waals surface area (Å²) in [5.74, 6) is 0.697. The molecule has 0 radical (unpaired) electrons. The van der Waals surface area contributed by atoms with Crippen molar-refractivity contribution in [1.29, 1.82) is 0 Å². The molecular formula is C28H31N7O2. The van der Waals surface area contributed by atoms with Crippen LogP contribution in [0, 0.1) is 6.92 Å². The number of nitrogens with zero attached hydrogens (tertiary/aromatic N) is 6. The maximum absolute atomic E-state index is 13.9. The van der Waals surface area contributed by atoms with Gasteiger partial charge in [0.15, 0.2) is 11.2 Å². The van der Waals surface area contributed by atoms with E-state index < -0.39 is 5.69 Å². The van der Waals surface area contributed by atoms with Crippen molar-refractivity contribution in [3.05, 3.63) is 74.6 Å². The Kier molecular flexibility index (Phi) is 5.60. The molecule has 2 aromatic carbocycles. The highest BCUT2D eigenvalue weighted by molar-refractivity contribution is 6.08. The first kappa shape index (κ1) is 23.4. The monoisotopic (exact) mass is 497 g/mol. The number of aryl methyl sites for hydroxylation is 3. The second-order valence-electron chi connectivity index (χ2n) is 9.98. The van der Waals surface area contributed by atoms with Crippen molar-refractivity contribution in [3.8, 4) is 0 Å². The van der Waals surface area contributed by atoms with Crippen LogP contribution >= 0.6 is 0 Å². The van der Waals surface area contributed by atoms with Crippen LogP contribution < -0.4 is 21.9 Å². The lowest BCUT2D eigenvalue weighted by atomic mass is 10.0. The number of aromatic nitrogens is 5. The molecule has 4 heterocycles. The number of hydrogen-bond donors (Lipinski definition) is 1. The average Bonchev–Trinajstić information content (AvgIpc) is 3.30. The highest BCUT2D eigenvalue weighted by Crippen LogP contribution is 2.29. The molecule has 37 heavy (non-hydrogen) atoms. The first-order valence-corrected chi connectivity index (χ1v) is 12.9. The fraction of sp³-hybridized carbons (Fsp3) is 0.357. The van der Waals surface area contributed by atoms with Gasteiger partial charge < -0.3 is 15.2 Å². The molecule has 0 aliphatic carbocycles. The standard InChI is InChI=1S/C28H31N7O2/c1-4-34-24-25(31-27(34)33-14-8-10-18(29)15-33)32(3)28(37)35(26(24)36)16-22-19-11-5-6-12-20(19)23-17(2)9-7-13-21(23)30-22/h5-7,9,11-13,18H,4,8,10,14-16,29H2,1-3H3/t18-/m1/s1. The van der Waals surface area contributed by atoms with Crippen molar-refractivity contribution >= 4 is 38.8 Å². The Morgan fingerprint density at radius 3 is 2.57 bits per heavy atom. The Balaban J connectivity index is 1.57. The first-order chi connectivity index (χ1) is 17.9. The second-order valence-corrected chi connectivity index (χ2v) is 9.98. The zero-order valence-electron chi connectivity index (χ0n) is 21.4. The minimum Gasteiger partial charge on any atom is -0.341 e. The summed E-state index contributed by atoms with van der Waals surface area (Å²) >= 11 is 0. The van der Waals surface area contributed by atoms with Gasteiger partial charge in [0.25, 0.3) is 5.56 Å². The van der Waals surface area contributed by atoms with Gasteiger partial charge >= 0.3 is 5.69 Å². The number of anilines is 1. The van der Waals surface area contributed by atoms with E-state index in [1.807, 2.05) is 41.8 Å². The van der Waals surface area contributed by atoms with Crippen molar-refractivity contribution in [2.24, 2.45) is 12.8 Å². The van der Waals surface area contributed by atoms with E-state index in [1.165, 1.54) is 9.13 Å². The molecule has 2 N–H and O–H groups in total. The SMILES string of the molecule is CCn1c(N2CCC[C@@H](N)C2)nc2c1c(=O)n(Cc1nc3cccc(C)c3c3ccccc13)c(=O)n2C. The van der Waals surface area contributed by atoms with Crippen LogP contribution in [-0.2, 0) is 20.1 Å². The fourth-order valence-electron chi connectivity index (χ4n) is 5.76. The van der Waals surface area contributed by atoms with E-state index in [0.717, 1.165) is 46.6 Å². The highest BCUT2D eigenvalue weighted by Gasteiger charge is 2.26. The van der Waals surface area contributed by atoms with E-state index in [4.69, 9.17) is 15.7 Å². The number of piperidine rings is 1. The Morgan fingerprint density at radius 1 is 1.03 bits per heavy atom. The molecule has 190 valence electrons. The van der Waals surface area contributed by atoms with Crippen molar-refractivity contribution in [3.63, 3.8) is 0 Å². The third kappa shape index (κ3) is 3.64. The summed E-state index contributed by atoms with van der Waals surface area (Å²) in [5.41, 5.74) is 8.98. The van der Waals surface area contributed by atoms with Crippen molar-refractivity contribution in [2.75, 3.05) is 18.0 Å².